The Morgan fingerprint density at radius 1 is 1.12 bits per heavy atom. The molecule has 2 aromatic rings. The topological polar surface area (TPSA) is 82.1 Å². The van der Waals surface area contributed by atoms with Gasteiger partial charge in [0.05, 0.1) is 20.3 Å². The molecule has 1 aliphatic rings. The van der Waals surface area contributed by atoms with Crippen LogP contribution in [0.4, 0.5) is 0 Å². The zero-order valence-electron chi connectivity index (χ0n) is 18.6. The number of rotatable bonds is 8. The lowest BCUT2D eigenvalue weighted by Crippen LogP contribution is -2.40. The summed E-state index contributed by atoms with van der Waals surface area (Å²) in [4.78, 5) is 12.2. The molecule has 3 rings (SSSR count). The van der Waals surface area contributed by atoms with E-state index in [0.29, 0.717) is 24.7 Å². The Morgan fingerprint density at radius 3 is 2.44 bits per heavy atom. The first-order valence-corrected chi connectivity index (χ1v) is 11.9. The normalized spacial score (nSPS) is 15.2. The van der Waals surface area contributed by atoms with Gasteiger partial charge in [0.15, 0.2) is 0 Å². The van der Waals surface area contributed by atoms with E-state index in [2.05, 4.69) is 13.8 Å². The number of esters is 1. The van der Waals surface area contributed by atoms with Crippen molar-refractivity contribution in [2.24, 2.45) is 0 Å². The maximum Gasteiger partial charge on any atom is 0.331 e. The summed E-state index contributed by atoms with van der Waals surface area (Å²) in [7, 11) is -2.32. The average Bonchev–Trinajstić information content (AvgIpc) is 2.82. The lowest BCUT2D eigenvalue weighted by Gasteiger charge is -2.26. The molecule has 0 saturated carbocycles. The summed E-state index contributed by atoms with van der Waals surface area (Å²) in [5, 5.41) is 0. The molecule has 0 bridgehead atoms. The third-order valence-electron chi connectivity index (χ3n) is 5.21. The molecule has 0 radical (unpaired) electrons. The largest absolute Gasteiger partial charge is 0.495 e. The van der Waals surface area contributed by atoms with Crippen LogP contribution in [0, 0.1) is 0 Å². The number of nitrogens with zero attached hydrogens (tertiary/aromatic N) is 1. The Balaban J connectivity index is 1.68. The maximum atomic E-state index is 13.1. The van der Waals surface area contributed by atoms with Gasteiger partial charge in [-0.25, -0.2) is 13.2 Å². The van der Waals surface area contributed by atoms with Crippen molar-refractivity contribution in [2.45, 2.75) is 31.3 Å². The van der Waals surface area contributed by atoms with E-state index >= 15 is 0 Å². The number of morpholine rings is 1. The summed E-state index contributed by atoms with van der Waals surface area (Å²) in [6, 6.07) is 12.7. The molecule has 2 aromatic carbocycles. The number of carbonyl (C=O) groups is 1. The van der Waals surface area contributed by atoms with Crippen LogP contribution in [0.3, 0.4) is 0 Å². The van der Waals surface area contributed by atoms with E-state index in [0.717, 1.165) is 5.56 Å². The van der Waals surface area contributed by atoms with Crippen molar-refractivity contribution >= 4 is 22.1 Å². The summed E-state index contributed by atoms with van der Waals surface area (Å²) in [5.74, 6) is 0.184. The molecule has 0 aliphatic carbocycles. The Morgan fingerprint density at radius 2 is 1.81 bits per heavy atom. The molecule has 1 fully saturated rings. The third-order valence-corrected chi connectivity index (χ3v) is 7.13. The zero-order valence-corrected chi connectivity index (χ0v) is 19.4. The van der Waals surface area contributed by atoms with Gasteiger partial charge in [0.25, 0.3) is 0 Å². The fourth-order valence-electron chi connectivity index (χ4n) is 3.29. The smallest absolute Gasteiger partial charge is 0.331 e. The van der Waals surface area contributed by atoms with Crippen LogP contribution in [0.15, 0.2) is 53.4 Å². The van der Waals surface area contributed by atoms with E-state index in [4.69, 9.17) is 14.2 Å². The van der Waals surface area contributed by atoms with Crippen LogP contribution in [0.25, 0.3) is 6.08 Å². The van der Waals surface area contributed by atoms with Crippen molar-refractivity contribution < 1.29 is 27.4 Å². The Hall–Kier alpha value is -2.68. The van der Waals surface area contributed by atoms with E-state index in [-0.39, 0.29) is 30.3 Å². The monoisotopic (exact) mass is 459 g/mol. The standard InChI is InChI=1S/C24H29NO6S/c1-18(2)21-8-4-20(5-9-21)17-31-24(26)11-7-19-6-10-22(29-3)23(16-19)32(27,28)25-12-14-30-15-13-25/h4-11,16,18H,12-15,17H2,1-3H3/b11-7+. The lowest BCUT2D eigenvalue weighted by molar-refractivity contribution is -0.138. The van der Waals surface area contributed by atoms with Crippen molar-refractivity contribution in [3.63, 3.8) is 0 Å². The Kier molecular flexibility index (Phi) is 8.06. The van der Waals surface area contributed by atoms with Gasteiger partial charge < -0.3 is 14.2 Å². The molecule has 0 unspecified atom stereocenters. The molecule has 0 N–H and O–H groups in total. The highest BCUT2D eigenvalue weighted by molar-refractivity contribution is 7.89. The van der Waals surface area contributed by atoms with E-state index < -0.39 is 16.0 Å². The number of sulfonamides is 1. The van der Waals surface area contributed by atoms with Crippen LogP contribution in [-0.4, -0.2) is 52.1 Å². The van der Waals surface area contributed by atoms with Gasteiger partial charge in [0, 0.05) is 19.2 Å². The van der Waals surface area contributed by atoms with Crippen LogP contribution in [-0.2, 0) is 30.9 Å². The summed E-state index contributed by atoms with van der Waals surface area (Å²) < 4.78 is 43.3. The number of hydrogen-bond donors (Lipinski definition) is 0. The van der Waals surface area contributed by atoms with E-state index in [1.165, 1.54) is 35.2 Å². The van der Waals surface area contributed by atoms with Gasteiger partial charge in [0.2, 0.25) is 10.0 Å². The zero-order chi connectivity index (χ0) is 23.1. The highest BCUT2D eigenvalue weighted by Gasteiger charge is 2.29. The highest BCUT2D eigenvalue weighted by atomic mass is 32.2. The molecular weight excluding hydrogens is 430 g/mol. The van der Waals surface area contributed by atoms with Crippen LogP contribution < -0.4 is 4.74 Å². The fraction of sp³-hybridized carbons (Fsp3) is 0.375. The first-order chi connectivity index (χ1) is 15.3. The van der Waals surface area contributed by atoms with Crippen molar-refractivity contribution in [1.29, 1.82) is 0 Å². The number of carbonyl (C=O) groups excluding carboxylic acids is 1. The second-order valence-corrected chi connectivity index (χ2v) is 9.67. The molecule has 1 aliphatic heterocycles. The van der Waals surface area contributed by atoms with Crippen LogP contribution >= 0.6 is 0 Å². The number of benzene rings is 2. The molecule has 172 valence electrons. The predicted octanol–water partition coefficient (Wildman–Crippen LogP) is 3.60. The van der Waals surface area contributed by atoms with Gasteiger partial charge in [-0.05, 0) is 40.8 Å². The van der Waals surface area contributed by atoms with Gasteiger partial charge in [-0.15, -0.1) is 0 Å². The van der Waals surface area contributed by atoms with Crippen LogP contribution in [0.5, 0.6) is 5.75 Å². The quantitative estimate of drug-likeness (QED) is 0.443. The summed E-state index contributed by atoms with van der Waals surface area (Å²) >= 11 is 0. The summed E-state index contributed by atoms with van der Waals surface area (Å²) in [5.41, 5.74) is 2.68. The Bertz CT molecular complexity index is 1050. The van der Waals surface area contributed by atoms with Gasteiger partial charge in [-0.3, -0.25) is 0 Å². The number of ether oxygens (including phenoxy) is 3. The lowest BCUT2D eigenvalue weighted by atomic mass is 10.0. The van der Waals surface area contributed by atoms with Crippen molar-refractivity contribution in [1.82, 2.24) is 4.31 Å². The SMILES string of the molecule is COc1ccc(/C=C/C(=O)OCc2ccc(C(C)C)cc2)cc1S(=O)(=O)N1CCOCC1. The molecule has 1 saturated heterocycles. The van der Waals surface area contributed by atoms with Gasteiger partial charge in [-0.2, -0.15) is 4.31 Å². The fourth-order valence-corrected chi connectivity index (χ4v) is 4.89. The first-order valence-electron chi connectivity index (χ1n) is 10.5. The Labute approximate surface area is 189 Å². The predicted molar refractivity (Wildman–Crippen MR) is 122 cm³/mol. The van der Waals surface area contributed by atoms with Crippen molar-refractivity contribution in [3.8, 4) is 5.75 Å². The highest BCUT2D eigenvalue weighted by Crippen LogP contribution is 2.29. The average molecular weight is 460 g/mol. The second kappa shape index (κ2) is 10.8. The van der Waals surface area contributed by atoms with Gasteiger partial charge in [0.1, 0.15) is 17.3 Å². The molecule has 32 heavy (non-hydrogen) atoms. The summed E-state index contributed by atoms with van der Waals surface area (Å²) in [6.45, 7) is 5.69. The second-order valence-electron chi connectivity index (χ2n) is 7.76. The van der Waals surface area contributed by atoms with Crippen LogP contribution in [0.2, 0.25) is 0 Å². The molecule has 0 atom stereocenters. The molecule has 1 heterocycles. The minimum atomic E-state index is -3.74. The minimum absolute atomic E-state index is 0.0580. The minimum Gasteiger partial charge on any atom is -0.495 e. The van der Waals surface area contributed by atoms with E-state index in [1.54, 1.807) is 12.1 Å². The van der Waals surface area contributed by atoms with E-state index in [9.17, 15) is 13.2 Å². The molecule has 8 heteroatoms. The molecule has 0 amide bonds. The van der Waals surface area contributed by atoms with Gasteiger partial charge >= 0.3 is 5.97 Å². The number of methoxy groups -OCH3 is 1. The van der Waals surface area contributed by atoms with Crippen molar-refractivity contribution in [2.75, 3.05) is 33.4 Å². The van der Waals surface area contributed by atoms with E-state index in [1.807, 2.05) is 24.3 Å². The molecule has 7 nitrogen and oxygen atoms in total. The molecule has 0 aromatic heterocycles. The number of hydrogen-bond acceptors (Lipinski definition) is 6. The molecular formula is C24H29NO6S. The van der Waals surface area contributed by atoms with Crippen molar-refractivity contribution in [3.05, 3.63) is 65.2 Å². The van der Waals surface area contributed by atoms with Gasteiger partial charge in [-0.1, -0.05) is 44.2 Å². The molecule has 0 spiro atoms. The van der Waals surface area contributed by atoms with Crippen LogP contribution in [0.1, 0.15) is 36.5 Å². The third kappa shape index (κ3) is 5.97. The first kappa shape index (κ1) is 24.0. The maximum absolute atomic E-state index is 13.1. The summed E-state index contributed by atoms with van der Waals surface area (Å²) in [6.07, 6.45) is 2.82.